The molecule has 10 heavy (non-hydrogen) atoms. The number of halogens is 1. The maximum Gasteiger partial charge on any atom is 0.00484 e. The summed E-state index contributed by atoms with van der Waals surface area (Å²) in [6.07, 6.45) is 1.87. The van der Waals surface area contributed by atoms with E-state index in [1.54, 1.807) is 0 Å². The van der Waals surface area contributed by atoms with Crippen LogP contribution < -0.4 is 0 Å². The lowest BCUT2D eigenvalue weighted by molar-refractivity contribution is 1.46. The first-order valence-corrected chi connectivity index (χ1v) is 3.60. The van der Waals surface area contributed by atoms with Gasteiger partial charge in [-0.05, 0) is 18.6 Å². The second-order valence-corrected chi connectivity index (χ2v) is 2.46. The van der Waals surface area contributed by atoms with E-state index in [4.69, 9.17) is 11.6 Å². The van der Waals surface area contributed by atoms with Crippen molar-refractivity contribution in [2.45, 2.75) is 6.92 Å². The summed E-state index contributed by atoms with van der Waals surface area (Å²) >= 11 is 5.41. The van der Waals surface area contributed by atoms with Crippen molar-refractivity contribution in [1.29, 1.82) is 0 Å². The largest absolute Gasteiger partial charge is 0.0929 e. The van der Waals surface area contributed by atoms with Gasteiger partial charge in [-0.2, -0.15) is 0 Å². The highest BCUT2D eigenvalue weighted by molar-refractivity contribution is 6.27. The average Bonchev–Trinajstić information content (AvgIpc) is 1.88. The molecule has 1 aromatic carbocycles. The first-order valence-electron chi connectivity index (χ1n) is 3.16. The Morgan fingerprint density at radius 3 is 2.80 bits per heavy atom. The van der Waals surface area contributed by atoms with Gasteiger partial charge in [0.25, 0.3) is 0 Å². The molecule has 0 unspecified atom stereocenters. The van der Waals surface area contributed by atoms with E-state index in [1.165, 1.54) is 11.1 Å². The van der Waals surface area contributed by atoms with Crippen molar-refractivity contribution in [2.24, 2.45) is 0 Å². The first kappa shape index (κ1) is 7.36. The molecule has 0 fully saturated rings. The zero-order valence-corrected chi connectivity index (χ0v) is 6.60. The molecule has 1 rings (SSSR count). The summed E-state index contributed by atoms with van der Waals surface area (Å²) in [5.41, 5.74) is 3.93. The molecule has 0 saturated heterocycles. The molecule has 0 aliphatic carbocycles. The zero-order valence-electron chi connectivity index (χ0n) is 5.84. The van der Waals surface area contributed by atoms with Gasteiger partial charge in [-0.15, -0.1) is 0 Å². The Kier molecular flexibility index (Phi) is 2.52. The van der Waals surface area contributed by atoms with Crippen LogP contribution in [-0.2, 0) is 0 Å². The van der Waals surface area contributed by atoms with Gasteiger partial charge in [0, 0.05) is 5.54 Å². The average molecular weight is 153 g/mol. The van der Waals surface area contributed by atoms with E-state index >= 15 is 0 Å². The molecule has 0 spiro atoms. The molecule has 0 nitrogen and oxygen atoms in total. The smallest absolute Gasteiger partial charge is 0.00484 e. The highest BCUT2D eigenvalue weighted by atomic mass is 35.5. The van der Waals surface area contributed by atoms with Crippen LogP contribution in [0.2, 0.25) is 0 Å². The quantitative estimate of drug-likeness (QED) is 0.580. The number of rotatable bonds is 1. The van der Waals surface area contributed by atoms with Crippen molar-refractivity contribution in [3.8, 4) is 0 Å². The molecule has 1 aromatic rings. The van der Waals surface area contributed by atoms with E-state index < -0.39 is 0 Å². The van der Waals surface area contributed by atoms with Crippen molar-refractivity contribution >= 4 is 17.7 Å². The summed E-state index contributed by atoms with van der Waals surface area (Å²) < 4.78 is 0. The minimum atomic E-state index is 1.15. The molecule has 0 amide bonds. The lowest BCUT2D eigenvalue weighted by Crippen LogP contribution is -1.72. The Hall–Kier alpha value is -0.750. The third kappa shape index (κ3) is 1.89. The molecule has 0 N–H and O–H groups in total. The van der Waals surface area contributed by atoms with Crippen molar-refractivity contribution < 1.29 is 0 Å². The van der Waals surface area contributed by atoms with Gasteiger partial charge in [0.05, 0.1) is 0 Å². The van der Waals surface area contributed by atoms with E-state index in [0.717, 1.165) is 5.56 Å². The van der Waals surface area contributed by atoms with Gasteiger partial charge in [-0.1, -0.05) is 41.4 Å². The number of hydrogen-bond donors (Lipinski definition) is 0. The molecule has 52 valence electrons. The van der Waals surface area contributed by atoms with Crippen LogP contribution in [0.3, 0.4) is 0 Å². The minimum Gasteiger partial charge on any atom is -0.0929 e. The van der Waals surface area contributed by atoms with Gasteiger partial charge in [-0.25, -0.2) is 0 Å². The summed E-state index contributed by atoms with van der Waals surface area (Å²) in [5, 5.41) is 0. The van der Waals surface area contributed by atoms with E-state index in [9.17, 15) is 0 Å². The molecule has 0 radical (unpaired) electrons. The Balaban J connectivity index is 2.95. The topological polar surface area (TPSA) is 0 Å². The van der Waals surface area contributed by atoms with Gasteiger partial charge >= 0.3 is 0 Å². The first-order chi connectivity index (χ1) is 4.83. The maximum absolute atomic E-state index is 5.41. The van der Waals surface area contributed by atoms with E-state index in [0.29, 0.717) is 0 Å². The summed E-state index contributed by atoms with van der Waals surface area (Å²) in [7, 11) is 0. The van der Waals surface area contributed by atoms with Crippen molar-refractivity contribution in [3.63, 3.8) is 0 Å². The van der Waals surface area contributed by atoms with Crippen LogP contribution in [0.5, 0.6) is 0 Å². The molecule has 0 aliphatic heterocycles. The van der Waals surface area contributed by atoms with Crippen LogP contribution >= 0.6 is 11.6 Å². The van der Waals surface area contributed by atoms with Crippen LogP contribution in [-0.4, -0.2) is 0 Å². The Morgan fingerprint density at radius 2 is 2.20 bits per heavy atom. The second kappa shape index (κ2) is 3.43. The fraction of sp³-hybridized carbons (Fsp3) is 0.111. The van der Waals surface area contributed by atoms with E-state index in [-0.39, 0.29) is 0 Å². The lowest BCUT2D eigenvalue weighted by Gasteiger charge is -1.92. The van der Waals surface area contributed by atoms with Gasteiger partial charge in [0.2, 0.25) is 0 Å². The van der Waals surface area contributed by atoms with Crippen molar-refractivity contribution in [1.82, 2.24) is 0 Å². The summed E-state index contributed by atoms with van der Waals surface area (Å²) in [6.45, 7) is 2.06. The van der Waals surface area contributed by atoms with E-state index in [1.807, 2.05) is 18.2 Å². The van der Waals surface area contributed by atoms with Crippen molar-refractivity contribution in [2.75, 3.05) is 0 Å². The van der Waals surface area contributed by atoms with Gasteiger partial charge in [-0.3, -0.25) is 0 Å². The molecular formula is C9H9Cl. The summed E-state index contributed by atoms with van der Waals surface area (Å²) in [4.78, 5) is 0. The minimum absolute atomic E-state index is 1.15. The lowest BCUT2D eigenvalue weighted by atomic mass is 10.1. The number of hydrogen-bond acceptors (Lipinski definition) is 0. The van der Waals surface area contributed by atoms with E-state index in [2.05, 4.69) is 19.1 Å². The zero-order chi connectivity index (χ0) is 7.40. The highest BCUT2D eigenvalue weighted by Gasteiger charge is 1.84. The maximum atomic E-state index is 5.41. The Bertz CT molecular complexity index is 238. The molecule has 1 heteroatoms. The fourth-order valence-electron chi connectivity index (χ4n) is 0.847. The Labute approximate surface area is 66.1 Å². The predicted molar refractivity (Wildman–Crippen MR) is 46.1 cm³/mol. The predicted octanol–water partition coefficient (Wildman–Crippen LogP) is 3.20. The third-order valence-electron chi connectivity index (χ3n) is 1.30. The van der Waals surface area contributed by atoms with Gasteiger partial charge in [0.1, 0.15) is 0 Å². The molecule has 0 aromatic heterocycles. The van der Waals surface area contributed by atoms with Crippen LogP contribution in [0.15, 0.2) is 29.8 Å². The van der Waals surface area contributed by atoms with Gasteiger partial charge in [0.15, 0.2) is 0 Å². The molecule has 0 heterocycles. The normalized spacial score (nSPS) is 10.6. The number of aryl methyl sites for hydroxylation is 1. The third-order valence-corrected chi connectivity index (χ3v) is 1.42. The highest BCUT2D eigenvalue weighted by Crippen LogP contribution is 2.05. The van der Waals surface area contributed by atoms with Crippen molar-refractivity contribution in [3.05, 3.63) is 40.9 Å². The van der Waals surface area contributed by atoms with Crippen LogP contribution in [0.4, 0.5) is 0 Å². The SMILES string of the molecule is Cc1cccc(C=CCl)c1. The molecule has 0 aliphatic rings. The number of benzene rings is 1. The molecule has 0 atom stereocenters. The van der Waals surface area contributed by atoms with Gasteiger partial charge < -0.3 is 0 Å². The summed E-state index contributed by atoms with van der Waals surface area (Å²) in [6, 6.07) is 8.18. The molecule has 0 saturated carbocycles. The molecule has 0 bridgehead atoms. The molecular weight excluding hydrogens is 144 g/mol. The van der Waals surface area contributed by atoms with Crippen LogP contribution in [0, 0.1) is 6.92 Å². The monoisotopic (exact) mass is 152 g/mol. The fourth-order valence-corrected chi connectivity index (χ4v) is 0.992. The standard InChI is InChI=1S/C9H9Cl/c1-8-3-2-4-9(7-8)5-6-10/h2-7H,1H3. The van der Waals surface area contributed by atoms with Crippen LogP contribution in [0.1, 0.15) is 11.1 Å². The second-order valence-electron chi connectivity index (χ2n) is 2.21. The van der Waals surface area contributed by atoms with Crippen LogP contribution in [0.25, 0.3) is 6.08 Å². The Morgan fingerprint density at radius 1 is 1.40 bits per heavy atom. The summed E-state index contributed by atoms with van der Waals surface area (Å²) in [5.74, 6) is 0.